The van der Waals surface area contributed by atoms with Crippen LogP contribution in [0, 0.1) is 6.92 Å². The van der Waals surface area contributed by atoms with Crippen molar-refractivity contribution in [3.63, 3.8) is 0 Å². The van der Waals surface area contributed by atoms with Crippen molar-refractivity contribution in [2.24, 2.45) is 0 Å². The van der Waals surface area contributed by atoms with Gasteiger partial charge >= 0.3 is 0 Å². The van der Waals surface area contributed by atoms with Crippen molar-refractivity contribution in [2.75, 3.05) is 25.1 Å². The first-order valence-corrected chi connectivity index (χ1v) is 12.4. The molecule has 0 spiro atoms. The number of carbonyl (C=O) groups excluding carboxylic acids is 1. The molecule has 1 N–H and O–H groups in total. The lowest BCUT2D eigenvalue weighted by atomic mass is 10.1. The SMILES string of the molecule is COc1ccc(N(CC(=O)NC2CCCCCC2)S(=O)(=O)c2ccc(C)cc2)c(OC)c1. The number of aryl methyl sites for hydroxylation is 1. The fourth-order valence-corrected chi connectivity index (χ4v) is 5.39. The molecule has 174 valence electrons. The van der Waals surface area contributed by atoms with Gasteiger partial charge in [-0.15, -0.1) is 0 Å². The van der Waals surface area contributed by atoms with Crippen molar-refractivity contribution in [3.8, 4) is 11.5 Å². The molecule has 0 heterocycles. The topological polar surface area (TPSA) is 84.9 Å². The molecule has 0 aliphatic heterocycles. The normalized spacial score (nSPS) is 15.0. The molecule has 7 nitrogen and oxygen atoms in total. The minimum Gasteiger partial charge on any atom is -0.497 e. The molecule has 2 aromatic rings. The van der Waals surface area contributed by atoms with Crippen molar-refractivity contribution < 1.29 is 22.7 Å². The summed E-state index contributed by atoms with van der Waals surface area (Å²) in [4.78, 5) is 13.1. The van der Waals surface area contributed by atoms with Gasteiger partial charge in [-0.1, -0.05) is 43.4 Å². The van der Waals surface area contributed by atoms with E-state index in [-0.39, 0.29) is 29.1 Å². The molecule has 1 fully saturated rings. The Kier molecular flexibility index (Phi) is 8.01. The number of amides is 1. The average Bonchev–Trinajstić information content (AvgIpc) is 3.06. The van der Waals surface area contributed by atoms with E-state index >= 15 is 0 Å². The number of nitrogens with zero attached hydrogens (tertiary/aromatic N) is 1. The fourth-order valence-electron chi connectivity index (χ4n) is 3.96. The zero-order chi connectivity index (χ0) is 23.1. The van der Waals surface area contributed by atoms with E-state index in [1.54, 1.807) is 42.5 Å². The van der Waals surface area contributed by atoms with E-state index in [0.717, 1.165) is 35.6 Å². The molecular formula is C24H32N2O5S. The second-order valence-electron chi connectivity index (χ2n) is 8.12. The summed E-state index contributed by atoms with van der Waals surface area (Å²) in [7, 11) is -1.03. The van der Waals surface area contributed by atoms with Crippen LogP contribution in [-0.2, 0) is 14.8 Å². The number of hydrogen-bond donors (Lipinski definition) is 1. The summed E-state index contributed by atoms with van der Waals surface area (Å²) in [6.45, 7) is 1.55. The molecule has 1 aliphatic rings. The first-order chi connectivity index (χ1) is 15.3. The third kappa shape index (κ3) is 5.73. The number of hydrogen-bond acceptors (Lipinski definition) is 5. The Morgan fingerprint density at radius 3 is 2.25 bits per heavy atom. The number of ether oxygens (including phenoxy) is 2. The standard InChI is InChI=1S/C24H32N2O5S/c1-18-10-13-21(14-11-18)32(28,29)26(22-15-12-20(30-2)16-23(22)31-3)17-24(27)25-19-8-6-4-5-7-9-19/h10-16,19H,4-9,17H2,1-3H3,(H,25,27). The molecule has 0 atom stereocenters. The first kappa shape index (κ1) is 23.9. The quantitative estimate of drug-likeness (QED) is 0.601. The lowest BCUT2D eigenvalue weighted by Crippen LogP contribution is -2.44. The highest BCUT2D eigenvalue weighted by Gasteiger charge is 2.30. The maximum atomic E-state index is 13.6. The van der Waals surface area contributed by atoms with Crippen LogP contribution in [0.1, 0.15) is 44.1 Å². The molecule has 2 aromatic carbocycles. The molecular weight excluding hydrogens is 428 g/mol. The van der Waals surface area contributed by atoms with E-state index in [0.29, 0.717) is 11.5 Å². The second kappa shape index (κ2) is 10.7. The Hall–Kier alpha value is -2.74. The van der Waals surface area contributed by atoms with Crippen LogP contribution in [0.3, 0.4) is 0 Å². The Bertz CT molecular complexity index is 1010. The minimum atomic E-state index is -4.01. The Balaban J connectivity index is 1.95. The van der Waals surface area contributed by atoms with E-state index < -0.39 is 10.0 Å². The van der Waals surface area contributed by atoms with Crippen LogP contribution in [-0.4, -0.2) is 41.1 Å². The van der Waals surface area contributed by atoms with Crippen molar-refractivity contribution >= 4 is 21.6 Å². The van der Waals surface area contributed by atoms with Gasteiger partial charge in [-0.05, 0) is 44.0 Å². The summed E-state index contributed by atoms with van der Waals surface area (Å²) in [5.41, 5.74) is 1.23. The number of anilines is 1. The van der Waals surface area contributed by atoms with E-state index in [1.165, 1.54) is 27.1 Å². The van der Waals surface area contributed by atoms with Gasteiger partial charge in [-0.25, -0.2) is 8.42 Å². The lowest BCUT2D eigenvalue weighted by Gasteiger charge is -2.27. The predicted octanol–water partition coefficient (Wildman–Crippen LogP) is 4.05. The number of benzene rings is 2. The van der Waals surface area contributed by atoms with Crippen LogP contribution in [0.4, 0.5) is 5.69 Å². The van der Waals surface area contributed by atoms with E-state index in [1.807, 2.05) is 6.92 Å². The van der Waals surface area contributed by atoms with Crippen LogP contribution in [0.25, 0.3) is 0 Å². The average molecular weight is 461 g/mol. The summed E-state index contributed by atoms with van der Waals surface area (Å²) in [5, 5.41) is 3.04. The van der Waals surface area contributed by atoms with Crippen molar-refractivity contribution in [2.45, 2.75) is 56.4 Å². The van der Waals surface area contributed by atoms with Gasteiger partial charge in [0.2, 0.25) is 5.91 Å². The van der Waals surface area contributed by atoms with Crippen LogP contribution in [0.2, 0.25) is 0 Å². The maximum Gasteiger partial charge on any atom is 0.264 e. The number of nitrogens with one attached hydrogen (secondary N) is 1. The second-order valence-corrected chi connectivity index (χ2v) is 9.98. The molecule has 0 aromatic heterocycles. The number of rotatable bonds is 8. The van der Waals surface area contributed by atoms with Crippen LogP contribution >= 0.6 is 0 Å². The maximum absolute atomic E-state index is 13.6. The number of carbonyl (C=O) groups is 1. The van der Waals surface area contributed by atoms with Gasteiger partial charge in [0.1, 0.15) is 18.0 Å². The van der Waals surface area contributed by atoms with Gasteiger partial charge < -0.3 is 14.8 Å². The fraction of sp³-hybridized carbons (Fsp3) is 0.458. The summed E-state index contributed by atoms with van der Waals surface area (Å²) in [6, 6.07) is 11.5. The van der Waals surface area contributed by atoms with Crippen molar-refractivity contribution in [1.82, 2.24) is 5.32 Å². The number of sulfonamides is 1. The third-order valence-electron chi connectivity index (χ3n) is 5.77. The highest BCUT2D eigenvalue weighted by Crippen LogP contribution is 2.35. The highest BCUT2D eigenvalue weighted by molar-refractivity contribution is 7.92. The molecule has 8 heteroatoms. The summed E-state index contributed by atoms with van der Waals surface area (Å²) < 4.78 is 39.0. The molecule has 0 bridgehead atoms. The summed E-state index contributed by atoms with van der Waals surface area (Å²) in [6.07, 6.45) is 6.32. The van der Waals surface area contributed by atoms with Crippen LogP contribution < -0.4 is 19.1 Å². The van der Waals surface area contributed by atoms with Gasteiger partial charge in [-0.2, -0.15) is 0 Å². The van der Waals surface area contributed by atoms with Gasteiger partial charge in [0.05, 0.1) is 24.8 Å². The Labute approximate surface area is 190 Å². The largest absolute Gasteiger partial charge is 0.497 e. The monoisotopic (exact) mass is 460 g/mol. The molecule has 0 radical (unpaired) electrons. The molecule has 0 saturated heterocycles. The van der Waals surface area contributed by atoms with Gasteiger partial charge in [-0.3, -0.25) is 9.10 Å². The zero-order valence-corrected chi connectivity index (χ0v) is 19.8. The molecule has 1 saturated carbocycles. The zero-order valence-electron chi connectivity index (χ0n) is 19.0. The summed E-state index contributed by atoms with van der Waals surface area (Å²) >= 11 is 0. The van der Waals surface area contributed by atoms with Gasteiger partial charge in [0.15, 0.2) is 0 Å². The van der Waals surface area contributed by atoms with E-state index in [2.05, 4.69) is 5.32 Å². The van der Waals surface area contributed by atoms with Gasteiger partial charge in [0, 0.05) is 12.1 Å². The molecule has 3 rings (SSSR count). The molecule has 0 unspecified atom stereocenters. The smallest absolute Gasteiger partial charge is 0.264 e. The first-order valence-electron chi connectivity index (χ1n) is 11.0. The third-order valence-corrected chi connectivity index (χ3v) is 7.55. The van der Waals surface area contributed by atoms with E-state index in [9.17, 15) is 13.2 Å². The van der Waals surface area contributed by atoms with Crippen LogP contribution in [0.15, 0.2) is 47.4 Å². The predicted molar refractivity (Wildman–Crippen MR) is 125 cm³/mol. The molecule has 32 heavy (non-hydrogen) atoms. The van der Waals surface area contributed by atoms with Crippen molar-refractivity contribution in [3.05, 3.63) is 48.0 Å². The van der Waals surface area contributed by atoms with Crippen LogP contribution in [0.5, 0.6) is 11.5 Å². The molecule has 1 amide bonds. The summed E-state index contributed by atoms with van der Waals surface area (Å²) in [5.74, 6) is 0.508. The van der Waals surface area contributed by atoms with Gasteiger partial charge in [0.25, 0.3) is 10.0 Å². The van der Waals surface area contributed by atoms with Crippen molar-refractivity contribution in [1.29, 1.82) is 0 Å². The lowest BCUT2D eigenvalue weighted by molar-refractivity contribution is -0.120. The Morgan fingerprint density at radius 1 is 1.00 bits per heavy atom. The van der Waals surface area contributed by atoms with E-state index in [4.69, 9.17) is 9.47 Å². The highest BCUT2D eigenvalue weighted by atomic mass is 32.2. The Morgan fingerprint density at radius 2 is 1.66 bits per heavy atom. The molecule has 1 aliphatic carbocycles. The number of methoxy groups -OCH3 is 2. The minimum absolute atomic E-state index is 0.0756.